The van der Waals surface area contributed by atoms with Crippen LogP contribution in [0.15, 0.2) is 47.4 Å². The van der Waals surface area contributed by atoms with Gasteiger partial charge in [0.25, 0.3) is 11.8 Å². The minimum atomic E-state index is -3.95. The fourth-order valence-corrected chi connectivity index (χ4v) is 4.49. The number of methoxy groups -OCH3 is 1. The van der Waals surface area contributed by atoms with Gasteiger partial charge in [-0.3, -0.25) is 9.59 Å². The van der Waals surface area contributed by atoms with Crippen molar-refractivity contribution < 1.29 is 22.7 Å². The molecule has 0 saturated carbocycles. The first-order chi connectivity index (χ1) is 14.6. The monoisotopic (exact) mass is 461 g/mol. The van der Waals surface area contributed by atoms with E-state index >= 15 is 0 Å². The molecule has 0 bridgehead atoms. The first kappa shape index (κ1) is 25.4. The van der Waals surface area contributed by atoms with Crippen molar-refractivity contribution in [1.82, 2.24) is 10.0 Å². The van der Waals surface area contributed by atoms with E-state index in [4.69, 9.17) is 4.74 Å². The van der Waals surface area contributed by atoms with Crippen LogP contribution in [-0.4, -0.2) is 38.4 Å². The van der Waals surface area contributed by atoms with Gasteiger partial charge >= 0.3 is 0 Å². The molecule has 0 aliphatic heterocycles. The molecule has 8 nitrogen and oxygen atoms in total. The van der Waals surface area contributed by atoms with E-state index in [-0.39, 0.29) is 22.1 Å². The molecule has 2 rings (SSSR count). The van der Waals surface area contributed by atoms with Crippen molar-refractivity contribution in [1.29, 1.82) is 0 Å². The molecule has 32 heavy (non-hydrogen) atoms. The molecule has 2 aromatic carbocycles. The van der Waals surface area contributed by atoms with E-state index in [2.05, 4.69) is 15.4 Å². The third-order valence-corrected chi connectivity index (χ3v) is 5.84. The highest BCUT2D eigenvalue weighted by atomic mass is 32.2. The van der Waals surface area contributed by atoms with E-state index in [1.807, 2.05) is 20.8 Å². The van der Waals surface area contributed by atoms with Crippen molar-refractivity contribution in [3.63, 3.8) is 0 Å². The van der Waals surface area contributed by atoms with E-state index in [1.54, 1.807) is 45.0 Å². The molecule has 0 fully saturated rings. The lowest BCUT2D eigenvalue weighted by Gasteiger charge is -2.22. The summed E-state index contributed by atoms with van der Waals surface area (Å²) in [7, 11) is -2.59. The van der Waals surface area contributed by atoms with E-state index < -0.39 is 27.0 Å². The van der Waals surface area contributed by atoms with Gasteiger partial charge in [-0.25, -0.2) is 13.1 Å². The number of rotatable bonds is 6. The van der Waals surface area contributed by atoms with Crippen LogP contribution in [0.4, 0.5) is 5.69 Å². The van der Waals surface area contributed by atoms with Crippen LogP contribution in [0, 0.1) is 0 Å². The molecule has 3 N–H and O–H groups in total. The lowest BCUT2D eigenvalue weighted by atomic mass is 10.1. The SMILES string of the molecule is COc1ccc(C(=O)Nc2ccccc2C(=O)NC(C)(C)C)cc1S(=O)(=O)NC(C)(C)C. The topological polar surface area (TPSA) is 114 Å². The van der Waals surface area contributed by atoms with Crippen molar-refractivity contribution in [3.8, 4) is 5.75 Å². The number of hydrogen-bond acceptors (Lipinski definition) is 5. The quantitative estimate of drug-likeness (QED) is 0.609. The summed E-state index contributed by atoms with van der Waals surface area (Å²) < 4.78 is 33.5. The highest BCUT2D eigenvalue weighted by Gasteiger charge is 2.27. The molecule has 2 amide bonds. The Labute approximate surface area is 189 Å². The van der Waals surface area contributed by atoms with E-state index in [1.165, 1.54) is 25.3 Å². The number of sulfonamides is 1. The number of amides is 2. The van der Waals surface area contributed by atoms with E-state index in [0.29, 0.717) is 11.3 Å². The number of carbonyl (C=O) groups is 2. The van der Waals surface area contributed by atoms with Crippen LogP contribution in [0.25, 0.3) is 0 Å². The Morgan fingerprint density at radius 2 is 1.50 bits per heavy atom. The van der Waals surface area contributed by atoms with Crippen LogP contribution >= 0.6 is 0 Å². The van der Waals surface area contributed by atoms with Crippen LogP contribution in [0.1, 0.15) is 62.3 Å². The summed E-state index contributed by atoms with van der Waals surface area (Å²) in [6.45, 7) is 10.7. The summed E-state index contributed by atoms with van der Waals surface area (Å²) in [5.74, 6) is -0.778. The molecule has 0 saturated heterocycles. The Balaban J connectivity index is 2.40. The fourth-order valence-electron chi connectivity index (χ4n) is 2.88. The van der Waals surface area contributed by atoms with Crippen LogP contribution in [0.5, 0.6) is 5.75 Å². The second-order valence-electron chi connectivity index (χ2n) is 9.42. The molecular formula is C23H31N3O5S. The highest BCUT2D eigenvalue weighted by Crippen LogP contribution is 2.27. The maximum Gasteiger partial charge on any atom is 0.255 e. The van der Waals surface area contributed by atoms with Gasteiger partial charge in [-0.15, -0.1) is 0 Å². The van der Waals surface area contributed by atoms with Crippen LogP contribution in [0.2, 0.25) is 0 Å². The van der Waals surface area contributed by atoms with Crippen molar-refractivity contribution in [2.24, 2.45) is 0 Å². The van der Waals surface area contributed by atoms with Gasteiger partial charge in [0.15, 0.2) is 0 Å². The van der Waals surface area contributed by atoms with Crippen LogP contribution < -0.4 is 20.1 Å². The predicted octanol–water partition coefficient (Wildman–Crippen LogP) is 3.55. The number of hydrogen-bond donors (Lipinski definition) is 3. The molecule has 0 spiro atoms. The average Bonchev–Trinajstić information content (AvgIpc) is 2.64. The van der Waals surface area contributed by atoms with Crippen molar-refractivity contribution in [2.45, 2.75) is 57.5 Å². The average molecular weight is 462 g/mol. The largest absolute Gasteiger partial charge is 0.495 e. The molecular weight excluding hydrogens is 430 g/mol. The third-order valence-electron chi connectivity index (χ3n) is 4.06. The van der Waals surface area contributed by atoms with Gasteiger partial charge in [0.1, 0.15) is 10.6 Å². The lowest BCUT2D eigenvalue weighted by Crippen LogP contribution is -2.41. The Bertz CT molecular complexity index is 1110. The molecule has 0 atom stereocenters. The van der Waals surface area contributed by atoms with Gasteiger partial charge < -0.3 is 15.4 Å². The summed E-state index contributed by atoms with van der Waals surface area (Å²) in [6.07, 6.45) is 0. The zero-order chi connectivity index (χ0) is 24.3. The lowest BCUT2D eigenvalue weighted by molar-refractivity contribution is 0.0920. The zero-order valence-corrected chi connectivity index (χ0v) is 20.3. The van der Waals surface area contributed by atoms with Crippen molar-refractivity contribution in [3.05, 3.63) is 53.6 Å². The third kappa shape index (κ3) is 6.80. The van der Waals surface area contributed by atoms with Crippen molar-refractivity contribution in [2.75, 3.05) is 12.4 Å². The maximum absolute atomic E-state index is 12.9. The molecule has 9 heteroatoms. The number of nitrogens with one attached hydrogen (secondary N) is 3. The smallest absolute Gasteiger partial charge is 0.255 e. The second kappa shape index (κ2) is 9.30. The van der Waals surface area contributed by atoms with Gasteiger partial charge in [0.2, 0.25) is 10.0 Å². The Morgan fingerprint density at radius 1 is 0.875 bits per heavy atom. The van der Waals surface area contributed by atoms with E-state index in [9.17, 15) is 18.0 Å². The predicted molar refractivity (Wildman–Crippen MR) is 125 cm³/mol. The Morgan fingerprint density at radius 3 is 2.06 bits per heavy atom. The normalized spacial score (nSPS) is 12.2. The number of anilines is 1. The Hall–Kier alpha value is -2.91. The molecule has 174 valence electrons. The van der Waals surface area contributed by atoms with Gasteiger partial charge in [0, 0.05) is 16.6 Å². The first-order valence-corrected chi connectivity index (χ1v) is 11.6. The van der Waals surface area contributed by atoms with Gasteiger partial charge in [0.05, 0.1) is 18.4 Å². The molecule has 0 unspecified atom stereocenters. The maximum atomic E-state index is 12.9. The van der Waals surface area contributed by atoms with Crippen LogP contribution in [0.3, 0.4) is 0 Å². The number of ether oxygens (including phenoxy) is 1. The molecule has 0 aliphatic carbocycles. The molecule has 0 aromatic heterocycles. The number of para-hydroxylation sites is 1. The van der Waals surface area contributed by atoms with Gasteiger partial charge in [-0.1, -0.05) is 12.1 Å². The van der Waals surface area contributed by atoms with Crippen molar-refractivity contribution >= 4 is 27.5 Å². The molecule has 0 aliphatic rings. The minimum absolute atomic E-state index is 0.103. The Kier molecular flexibility index (Phi) is 7.36. The highest BCUT2D eigenvalue weighted by molar-refractivity contribution is 7.89. The summed E-state index contributed by atoms with van der Waals surface area (Å²) in [6, 6.07) is 10.7. The second-order valence-corrected chi connectivity index (χ2v) is 11.1. The standard InChI is InChI=1S/C23H31N3O5S/c1-22(2,3)25-21(28)16-10-8-9-11-17(16)24-20(27)15-12-13-18(31-7)19(14-15)32(29,30)26-23(4,5)6/h8-14,26H,1-7H3,(H,24,27)(H,25,28). The summed E-state index contributed by atoms with van der Waals surface area (Å²) in [5.41, 5.74) is -0.459. The zero-order valence-electron chi connectivity index (χ0n) is 19.5. The fraction of sp³-hybridized carbons (Fsp3) is 0.391. The summed E-state index contributed by atoms with van der Waals surface area (Å²) in [5, 5.41) is 5.56. The molecule has 2 aromatic rings. The van der Waals surface area contributed by atoms with Gasteiger partial charge in [-0.05, 0) is 71.9 Å². The molecule has 0 heterocycles. The first-order valence-electron chi connectivity index (χ1n) is 10.1. The minimum Gasteiger partial charge on any atom is -0.495 e. The molecule has 0 radical (unpaired) electrons. The van der Waals surface area contributed by atoms with E-state index in [0.717, 1.165) is 0 Å². The van der Waals surface area contributed by atoms with Crippen LogP contribution in [-0.2, 0) is 10.0 Å². The van der Waals surface area contributed by atoms with Gasteiger partial charge in [-0.2, -0.15) is 0 Å². The summed E-state index contributed by atoms with van der Waals surface area (Å²) in [4.78, 5) is 25.4. The number of benzene rings is 2. The summed E-state index contributed by atoms with van der Waals surface area (Å²) >= 11 is 0. The number of carbonyl (C=O) groups excluding carboxylic acids is 2.